The zero-order valence-electron chi connectivity index (χ0n) is 10.2. The van der Waals surface area contributed by atoms with Gasteiger partial charge in [0.25, 0.3) is 0 Å². The quantitative estimate of drug-likeness (QED) is 0.910. The summed E-state index contributed by atoms with van der Waals surface area (Å²) in [7, 11) is 0. The molecule has 0 spiro atoms. The molecule has 1 aromatic carbocycles. The van der Waals surface area contributed by atoms with Gasteiger partial charge < -0.3 is 9.84 Å². The molecule has 1 heterocycles. The second-order valence-electron chi connectivity index (χ2n) is 3.90. The molecule has 0 fully saturated rings. The van der Waals surface area contributed by atoms with E-state index in [-0.39, 0.29) is 6.61 Å². The molecule has 19 heavy (non-hydrogen) atoms. The molecule has 0 amide bonds. The Labute approximate surface area is 118 Å². The monoisotopic (exact) mass is 325 g/mol. The van der Waals surface area contributed by atoms with E-state index in [1.165, 1.54) is 6.92 Å². The van der Waals surface area contributed by atoms with Crippen molar-refractivity contribution in [3.05, 3.63) is 40.6 Å². The summed E-state index contributed by atoms with van der Waals surface area (Å²) < 4.78 is 7.64. The normalized spacial score (nSPS) is 12.3. The first-order valence-electron chi connectivity index (χ1n) is 5.58. The lowest BCUT2D eigenvalue weighted by Gasteiger charge is -2.05. The Bertz CT molecular complexity index is 585. The molecule has 0 bridgehead atoms. The predicted molar refractivity (Wildman–Crippen MR) is 70.9 cm³/mol. The first kappa shape index (κ1) is 13.7. The topological polar surface area (TPSA) is 77.2 Å². The predicted octanol–water partition coefficient (Wildman–Crippen LogP) is 2.02. The Morgan fingerprint density at radius 2 is 2.26 bits per heavy atom. The number of para-hydroxylation sites is 1. The Balaban J connectivity index is 2.08. The lowest BCUT2D eigenvalue weighted by molar-refractivity contribution is -0.149. The van der Waals surface area contributed by atoms with E-state index in [1.807, 2.05) is 24.3 Å². The maximum atomic E-state index is 10.6. The molecule has 2 rings (SSSR count). The number of carboxylic acid groups (broad SMARTS) is 1. The number of nitrogens with zero attached hydrogens (tertiary/aromatic N) is 3. The van der Waals surface area contributed by atoms with Crippen LogP contribution in [0.2, 0.25) is 0 Å². The molecule has 0 saturated heterocycles. The van der Waals surface area contributed by atoms with Gasteiger partial charge >= 0.3 is 5.97 Å². The number of ether oxygens (including phenoxy) is 1. The summed E-state index contributed by atoms with van der Waals surface area (Å²) in [5.74, 6) is -1.00. The van der Waals surface area contributed by atoms with E-state index >= 15 is 0 Å². The molecule has 0 aliphatic heterocycles. The summed E-state index contributed by atoms with van der Waals surface area (Å²) in [6, 6.07) is 7.59. The van der Waals surface area contributed by atoms with Crippen LogP contribution < -0.4 is 0 Å². The van der Waals surface area contributed by atoms with Gasteiger partial charge in [-0.1, -0.05) is 17.3 Å². The first-order valence-corrected chi connectivity index (χ1v) is 6.38. The molecule has 1 N–H and O–H groups in total. The molecule has 1 unspecified atom stereocenters. The first-order chi connectivity index (χ1) is 9.08. The van der Waals surface area contributed by atoms with Gasteiger partial charge in [0.15, 0.2) is 6.10 Å². The minimum absolute atomic E-state index is 0.109. The third-order valence-corrected chi connectivity index (χ3v) is 3.14. The smallest absolute Gasteiger partial charge is 0.332 e. The molecule has 2 aromatic rings. The van der Waals surface area contributed by atoms with Gasteiger partial charge in [0.1, 0.15) is 5.69 Å². The lowest BCUT2D eigenvalue weighted by Crippen LogP contribution is -2.19. The number of hydrogen-bond acceptors (Lipinski definition) is 4. The van der Waals surface area contributed by atoms with Gasteiger partial charge in [-0.05, 0) is 35.0 Å². The summed E-state index contributed by atoms with van der Waals surface area (Å²) in [6.45, 7) is 1.58. The van der Waals surface area contributed by atoms with Crippen LogP contribution in [0.5, 0.6) is 0 Å². The molecule has 1 atom stereocenters. The van der Waals surface area contributed by atoms with Crippen molar-refractivity contribution in [3.8, 4) is 5.69 Å². The zero-order chi connectivity index (χ0) is 13.8. The average Bonchev–Trinajstić information content (AvgIpc) is 2.85. The second-order valence-corrected chi connectivity index (χ2v) is 4.75. The standard InChI is InChI=1S/C12H12BrN3O3/c1-8(12(17)18)19-7-9-6-16(15-14-9)11-5-3-2-4-10(11)13/h2-6,8H,7H2,1H3,(H,17,18). The number of rotatable bonds is 5. The number of hydrogen-bond donors (Lipinski definition) is 1. The van der Waals surface area contributed by atoms with Gasteiger partial charge in [0.2, 0.25) is 0 Å². The van der Waals surface area contributed by atoms with Crippen LogP contribution in [-0.4, -0.2) is 32.2 Å². The van der Waals surface area contributed by atoms with Crippen molar-refractivity contribution < 1.29 is 14.6 Å². The van der Waals surface area contributed by atoms with Crippen molar-refractivity contribution in [1.82, 2.24) is 15.0 Å². The summed E-state index contributed by atoms with van der Waals surface area (Å²) in [6.07, 6.45) is 0.836. The van der Waals surface area contributed by atoms with E-state index in [0.717, 1.165) is 10.2 Å². The van der Waals surface area contributed by atoms with Crippen molar-refractivity contribution in [2.24, 2.45) is 0 Å². The highest BCUT2D eigenvalue weighted by Crippen LogP contribution is 2.19. The van der Waals surface area contributed by atoms with E-state index in [4.69, 9.17) is 9.84 Å². The molecule has 0 radical (unpaired) electrons. The fourth-order valence-electron chi connectivity index (χ4n) is 1.40. The van der Waals surface area contributed by atoms with Gasteiger partial charge in [-0.15, -0.1) is 5.10 Å². The van der Waals surface area contributed by atoms with Gasteiger partial charge in [-0.3, -0.25) is 0 Å². The van der Waals surface area contributed by atoms with E-state index in [2.05, 4.69) is 26.2 Å². The number of aromatic nitrogens is 3. The maximum Gasteiger partial charge on any atom is 0.332 e. The molecule has 0 aliphatic rings. The molecule has 0 saturated carbocycles. The number of halogens is 1. The average molecular weight is 326 g/mol. The maximum absolute atomic E-state index is 10.6. The highest BCUT2D eigenvalue weighted by atomic mass is 79.9. The third-order valence-electron chi connectivity index (χ3n) is 2.47. The van der Waals surface area contributed by atoms with Crippen LogP contribution >= 0.6 is 15.9 Å². The molecule has 6 nitrogen and oxygen atoms in total. The van der Waals surface area contributed by atoms with Crippen LogP contribution in [0, 0.1) is 0 Å². The van der Waals surface area contributed by atoms with E-state index in [1.54, 1.807) is 10.9 Å². The Morgan fingerprint density at radius 1 is 1.53 bits per heavy atom. The summed E-state index contributed by atoms with van der Waals surface area (Å²) in [5, 5.41) is 16.6. The van der Waals surface area contributed by atoms with Crippen molar-refractivity contribution in [2.75, 3.05) is 0 Å². The van der Waals surface area contributed by atoms with E-state index < -0.39 is 12.1 Å². The molecular weight excluding hydrogens is 314 g/mol. The van der Waals surface area contributed by atoms with E-state index in [0.29, 0.717) is 5.69 Å². The minimum Gasteiger partial charge on any atom is -0.479 e. The van der Waals surface area contributed by atoms with Crippen LogP contribution in [0.4, 0.5) is 0 Å². The minimum atomic E-state index is -1.00. The van der Waals surface area contributed by atoms with Gasteiger partial charge in [0.05, 0.1) is 18.5 Å². The SMILES string of the molecule is CC(OCc1cn(-c2ccccc2Br)nn1)C(=O)O. The summed E-state index contributed by atoms with van der Waals surface area (Å²) in [5.41, 5.74) is 1.43. The Kier molecular flexibility index (Phi) is 4.28. The highest BCUT2D eigenvalue weighted by Gasteiger charge is 2.12. The van der Waals surface area contributed by atoms with Crippen molar-refractivity contribution in [3.63, 3.8) is 0 Å². The fourth-order valence-corrected chi connectivity index (χ4v) is 1.87. The molecule has 0 aliphatic carbocycles. The third kappa shape index (κ3) is 3.39. The lowest BCUT2D eigenvalue weighted by atomic mass is 10.3. The van der Waals surface area contributed by atoms with Crippen LogP contribution in [0.15, 0.2) is 34.9 Å². The van der Waals surface area contributed by atoms with Crippen LogP contribution in [0.3, 0.4) is 0 Å². The van der Waals surface area contributed by atoms with Crippen molar-refractivity contribution in [1.29, 1.82) is 0 Å². The molecule has 7 heteroatoms. The number of carboxylic acids is 1. The van der Waals surface area contributed by atoms with Gasteiger partial charge in [-0.25, -0.2) is 9.48 Å². The van der Waals surface area contributed by atoms with Crippen LogP contribution in [-0.2, 0) is 16.1 Å². The van der Waals surface area contributed by atoms with Gasteiger partial charge in [-0.2, -0.15) is 0 Å². The zero-order valence-corrected chi connectivity index (χ0v) is 11.7. The largest absolute Gasteiger partial charge is 0.479 e. The van der Waals surface area contributed by atoms with Crippen molar-refractivity contribution >= 4 is 21.9 Å². The molecule has 1 aromatic heterocycles. The molecule has 100 valence electrons. The number of carbonyl (C=O) groups is 1. The number of aliphatic carboxylic acids is 1. The fraction of sp³-hybridized carbons (Fsp3) is 0.250. The Morgan fingerprint density at radius 3 is 2.95 bits per heavy atom. The van der Waals surface area contributed by atoms with E-state index in [9.17, 15) is 4.79 Å². The molecular formula is C12H12BrN3O3. The van der Waals surface area contributed by atoms with Crippen LogP contribution in [0.1, 0.15) is 12.6 Å². The van der Waals surface area contributed by atoms with Crippen LogP contribution in [0.25, 0.3) is 5.69 Å². The van der Waals surface area contributed by atoms with Crippen molar-refractivity contribution in [2.45, 2.75) is 19.6 Å². The summed E-state index contributed by atoms with van der Waals surface area (Å²) in [4.78, 5) is 10.6. The number of benzene rings is 1. The summed E-state index contributed by atoms with van der Waals surface area (Å²) >= 11 is 3.43. The second kappa shape index (κ2) is 5.94. The Hall–Kier alpha value is -1.73. The van der Waals surface area contributed by atoms with Gasteiger partial charge in [0, 0.05) is 4.47 Å². The highest BCUT2D eigenvalue weighted by molar-refractivity contribution is 9.10.